The first kappa shape index (κ1) is 17.8. The van der Waals surface area contributed by atoms with Crippen molar-refractivity contribution in [2.45, 2.75) is 32.5 Å². The van der Waals surface area contributed by atoms with Crippen LogP contribution in [0.3, 0.4) is 0 Å². The third kappa shape index (κ3) is 5.27. The lowest BCUT2D eigenvalue weighted by molar-refractivity contribution is 0.301. The Labute approximate surface area is 137 Å². The predicted molar refractivity (Wildman–Crippen MR) is 94.4 cm³/mol. The van der Waals surface area contributed by atoms with Gasteiger partial charge in [-0.2, -0.15) is 0 Å². The van der Waals surface area contributed by atoms with E-state index in [-0.39, 0.29) is 0 Å². The molecule has 1 rings (SSSR count). The number of anilines is 1. The molecule has 4 heteroatoms. The van der Waals surface area contributed by atoms with E-state index in [1.54, 1.807) is 0 Å². The number of hydrogen-bond acceptors (Lipinski definition) is 2. The van der Waals surface area contributed by atoms with Crippen LogP contribution in [0.15, 0.2) is 18.2 Å². The molecule has 114 valence electrons. The van der Waals surface area contributed by atoms with Gasteiger partial charge in [0.1, 0.15) is 0 Å². The molecular weight excluding hydrogens is 336 g/mol. The van der Waals surface area contributed by atoms with Crippen LogP contribution in [0.5, 0.6) is 0 Å². The van der Waals surface area contributed by atoms with Crippen molar-refractivity contribution in [3.05, 3.63) is 28.8 Å². The predicted octanol–water partition coefficient (Wildman–Crippen LogP) is 4.79. The summed E-state index contributed by atoms with van der Waals surface area (Å²) in [6.07, 6.45) is 1.18. The maximum atomic E-state index is 6.15. The molecule has 0 N–H and O–H groups in total. The monoisotopic (exact) mass is 360 g/mol. The second-order valence-electron chi connectivity index (χ2n) is 4.87. The highest BCUT2D eigenvalue weighted by Gasteiger charge is 2.10. The van der Waals surface area contributed by atoms with E-state index in [2.05, 4.69) is 58.6 Å². The quantitative estimate of drug-likeness (QED) is 0.583. The Morgan fingerprint density at radius 3 is 2.30 bits per heavy atom. The lowest BCUT2D eigenvalue weighted by atomic mass is 10.1. The fraction of sp³-hybridized carbons (Fsp3) is 0.625. The summed E-state index contributed by atoms with van der Waals surface area (Å²) in [5.41, 5.74) is 2.57. The summed E-state index contributed by atoms with van der Waals surface area (Å²) < 4.78 is 0. The highest BCUT2D eigenvalue weighted by atomic mass is 79.9. The molecule has 1 aromatic rings. The average molecular weight is 362 g/mol. The van der Waals surface area contributed by atoms with Crippen molar-refractivity contribution in [1.82, 2.24) is 4.90 Å². The molecule has 0 heterocycles. The minimum atomic E-state index is 0.812. The molecule has 0 saturated carbocycles. The molecule has 0 unspecified atom stereocenters. The van der Waals surface area contributed by atoms with Gasteiger partial charge in [-0.25, -0.2) is 0 Å². The molecule has 0 fully saturated rings. The maximum Gasteiger partial charge on any atom is 0.0426 e. The van der Waals surface area contributed by atoms with Crippen molar-refractivity contribution >= 4 is 33.2 Å². The zero-order valence-corrected chi connectivity index (χ0v) is 15.2. The Balaban J connectivity index is 2.68. The summed E-state index contributed by atoms with van der Waals surface area (Å²) >= 11 is 9.72. The Hall–Kier alpha value is -0.250. The molecule has 0 atom stereocenters. The Bertz CT molecular complexity index is 394. The number of halogens is 2. The van der Waals surface area contributed by atoms with Crippen molar-refractivity contribution < 1.29 is 0 Å². The van der Waals surface area contributed by atoms with E-state index >= 15 is 0 Å². The highest BCUT2D eigenvalue weighted by molar-refractivity contribution is 9.08. The van der Waals surface area contributed by atoms with Gasteiger partial charge in [-0.3, -0.25) is 0 Å². The topological polar surface area (TPSA) is 6.48 Å². The van der Waals surface area contributed by atoms with Crippen LogP contribution in [0.2, 0.25) is 5.02 Å². The Morgan fingerprint density at radius 2 is 1.75 bits per heavy atom. The lowest BCUT2D eigenvalue weighted by Gasteiger charge is -2.27. The third-order valence-electron chi connectivity index (χ3n) is 3.71. The second kappa shape index (κ2) is 9.64. The van der Waals surface area contributed by atoms with Gasteiger partial charge in [-0.1, -0.05) is 47.4 Å². The van der Waals surface area contributed by atoms with Crippen LogP contribution in [-0.2, 0) is 5.33 Å². The molecule has 20 heavy (non-hydrogen) atoms. The van der Waals surface area contributed by atoms with Crippen LogP contribution in [-0.4, -0.2) is 37.6 Å². The minimum Gasteiger partial charge on any atom is -0.371 e. The van der Waals surface area contributed by atoms with Crippen LogP contribution in [0, 0.1) is 0 Å². The molecule has 0 bridgehead atoms. The van der Waals surface area contributed by atoms with Crippen LogP contribution >= 0.6 is 27.5 Å². The zero-order chi connectivity index (χ0) is 15.0. The second-order valence-corrected chi connectivity index (χ2v) is 5.86. The largest absolute Gasteiger partial charge is 0.371 e. The normalized spacial score (nSPS) is 11.1. The van der Waals surface area contributed by atoms with E-state index in [9.17, 15) is 0 Å². The van der Waals surface area contributed by atoms with Crippen molar-refractivity contribution in [1.29, 1.82) is 0 Å². The van der Waals surface area contributed by atoms with E-state index in [0.29, 0.717) is 0 Å². The summed E-state index contributed by atoms with van der Waals surface area (Å²) in [5, 5.41) is 1.68. The van der Waals surface area contributed by atoms with Gasteiger partial charge in [0.25, 0.3) is 0 Å². The molecule has 0 aliphatic heterocycles. The molecule has 1 aromatic carbocycles. The Kier molecular flexibility index (Phi) is 8.58. The summed E-state index contributed by atoms with van der Waals surface area (Å²) in [6.45, 7) is 12.2. The van der Waals surface area contributed by atoms with E-state index in [1.807, 2.05) is 6.07 Å². The van der Waals surface area contributed by atoms with Gasteiger partial charge in [-0.05, 0) is 50.7 Å². The first-order chi connectivity index (χ1) is 9.65. The Morgan fingerprint density at radius 1 is 1.05 bits per heavy atom. The smallest absolute Gasteiger partial charge is 0.0426 e. The standard InChI is InChI=1S/C16H26BrClN2/c1-4-19(5-2)10-7-11-20(6-3)16-12-15(18)9-8-14(16)13-17/h8-9,12H,4-7,10-11,13H2,1-3H3. The zero-order valence-electron chi connectivity index (χ0n) is 12.8. The molecule has 0 aliphatic rings. The van der Waals surface area contributed by atoms with Crippen molar-refractivity contribution in [2.24, 2.45) is 0 Å². The van der Waals surface area contributed by atoms with Gasteiger partial charge in [-0.15, -0.1) is 0 Å². The number of benzene rings is 1. The van der Waals surface area contributed by atoms with E-state index < -0.39 is 0 Å². The number of hydrogen-bond donors (Lipinski definition) is 0. The maximum absolute atomic E-state index is 6.15. The van der Waals surface area contributed by atoms with Crippen LogP contribution in [0.1, 0.15) is 32.8 Å². The fourth-order valence-electron chi connectivity index (χ4n) is 2.42. The summed E-state index contributed by atoms with van der Waals surface area (Å²) in [4.78, 5) is 4.89. The molecule has 0 spiro atoms. The van der Waals surface area contributed by atoms with E-state index in [1.165, 1.54) is 17.7 Å². The molecule has 2 nitrogen and oxygen atoms in total. The van der Waals surface area contributed by atoms with Crippen LogP contribution in [0.25, 0.3) is 0 Å². The van der Waals surface area contributed by atoms with E-state index in [4.69, 9.17) is 11.6 Å². The average Bonchev–Trinajstić information content (AvgIpc) is 2.47. The minimum absolute atomic E-state index is 0.812. The number of rotatable bonds is 9. The third-order valence-corrected chi connectivity index (χ3v) is 4.55. The molecule has 0 saturated heterocycles. The van der Waals surface area contributed by atoms with Crippen LogP contribution < -0.4 is 4.90 Å². The van der Waals surface area contributed by atoms with Gasteiger partial charge in [0.2, 0.25) is 0 Å². The summed E-state index contributed by atoms with van der Waals surface area (Å²) in [5.74, 6) is 0. The fourth-order valence-corrected chi connectivity index (χ4v) is 3.06. The van der Waals surface area contributed by atoms with Crippen molar-refractivity contribution in [2.75, 3.05) is 37.6 Å². The van der Waals surface area contributed by atoms with Crippen LogP contribution in [0.4, 0.5) is 5.69 Å². The van der Waals surface area contributed by atoms with Gasteiger partial charge in [0, 0.05) is 29.1 Å². The molecule has 0 radical (unpaired) electrons. The summed E-state index contributed by atoms with van der Waals surface area (Å²) in [6, 6.07) is 6.16. The highest BCUT2D eigenvalue weighted by Crippen LogP contribution is 2.26. The first-order valence-electron chi connectivity index (χ1n) is 7.47. The van der Waals surface area contributed by atoms with Gasteiger partial charge < -0.3 is 9.80 Å². The molecule has 0 aromatic heterocycles. The van der Waals surface area contributed by atoms with Gasteiger partial charge in [0.15, 0.2) is 0 Å². The van der Waals surface area contributed by atoms with Crippen molar-refractivity contribution in [3.8, 4) is 0 Å². The van der Waals surface area contributed by atoms with Crippen molar-refractivity contribution in [3.63, 3.8) is 0 Å². The van der Waals surface area contributed by atoms with Gasteiger partial charge >= 0.3 is 0 Å². The van der Waals surface area contributed by atoms with Gasteiger partial charge in [0.05, 0.1) is 0 Å². The van der Waals surface area contributed by atoms with E-state index in [0.717, 1.165) is 43.1 Å². The number of alkyl halides is 1. The molecular formula is C16H26BrClN2. The summed E-state index contributed by atoms with van der Waals surface area (Å²) in [7, 11) is 0. The lowest BCUT2D eigenvalue weighted by Crippen LogP contribution is -2.30. The number of nitrogens with zero attached hydrogens (tertiary/aromatic N) is 2. The SMILES string of the molecule is CCN(CC)CCCN(CC)c1cc(Cl)ccc1CBr. The molecule has 0 amide bonds. The molecule has 0 aliphatic carbocycles. The first-order valence-corrected chi connectivity index (χ1v) is 8.97.